The minimum Gasteiger partial charge on any atom is -0.462 e. The number of nitrogens with one attached hydrogen (secondary N) is 1. The van der Waals surface area contributed by atoms with Gasteiger partial charge < -0.3 is 19.7 Å². The molecule has 0 amide bonds. The minimum atomic E-state index is 0.0809. The SMILES string of the molecule is CCCC[NH+](CCCC)CCC[NH2+]C[C@H]1C(=O)O[C@@H]2C[C@@]3(C)CCC[C@@]4(CO4)[C@@H]3C[C@@H]21. The molecule has 178 valence electrons. The molecule has 3 N–H and O–H groups in total. The van der Waals surface area contributed by atoms with Crippen molar-refractivity contribution in [2.24, 2.45) is 23.2 Å². The van der Waals surface area contributed by atoms with E-state index < -0.39 is 0 Å². The molecule has 0 unspecified atom stereocenters. The maximum atomic E-state index is 12.8. The van der Waals surface area contributed by atoms with E-state index in [9.17, 15) is 4.79 Å². The number of hydrogen-bond acceptors (Lipinski definition) is 3. The zero-order chi connectivity index (χ0) is 21.9. The molecular formula is C26H48N2O3+2. The van der Waals surface area contributed by atoms with Crippen LogP contribution in [0.15, 0.2) is 0 Å². The second-order valence-electron chi connectivity index (χ2n) is 11.5. The fourth-order valence-corrected chi connectivity index (χ4v) is 7.25. The van der Waals surface area contributed by atoms with Gasteiger partial charge in [-0.15, -0.1) is 0 Å². The Labute approximate surface area is 190 Å². The molecule has 31 heavy (non-hydrogen) atoms. The molecule has 2 saturated heterocycles. The van der Waals surface area contributed by atoms with Crippen molar-refractivity contribution in [2.75, 3.05) is 39.3 Å². The quantitative estimate of drug-likeness (QED) is 0.279. The summed E-state index contributed by atoms with van der Waals surface area (Å²) in [6.07, 6.45) is 12.6. The first-order valence-electron chi connectivity index (χ1n) is 13.5. The summed E-state index contributed by atoms with van der Waals surface area (Å²) in [5.74, 6) is 1.21. The van der Waals surface area contributed by atoms with Crippen LogP contribution in [0.25, 0.3) is 0 Å². The van der Waals surface area contributed by atoms with E-state index in [0.717, 1.165) is 32.5 Å². The van der Waals surface area contributed by atoms with Crippen molar-refractivity contribution in [2.45, 2.75) is 96.7 Å². The van der Waals surface area contributed by atoms with E-state index in [1.807, 2.05) is 0 Å². The zero-order valence-electron chi connectivity index (χ0n) is 20.4. The van der Waals surface area contributed by atoms with Gasteiger partial charge in [0.15, 0.2) is 0 Å². The molecule has 4 fully saturated rings. The fraction of sp³-hybridized carbons (Fsp3) is 0.962. The summed E-state index contributed by atoms with van der Waals surface area (Å²) in [5, 5.41) is 2.41. The molecule has 0 bridgehead atoms. The first-order valence-corrected chi connectivity index (χ1v) is 13.5. The highest BCUT2D eigenvalue weighted by atomic mass is 16.6. The highest BCUT2D eigenvalue weighted by molar-refractivity contribution is 5.75. The van der Waals surface area contributed by atoms with Crippen LogP contribution in [-0.4, -0.2) is 57.0 Å². The van der Waals surface area contributed by atoms with Crippen molar-refractivity contribution in [1.29, 1.82) is 0 Å². The summed E-state index contributed by atoms with van der Waals surface area (Å²) in [5.41, 5.74) is 0.457. The Balaban J connectivity index is 1.24. The molecule has 1 spiro atoms. The predicted octanol–water partition coefficient (Wildman–Crippen LogP) is 1.95. The smallest absolute Gasteiger partial charge is 0.315 e. The van der Waals surface area contributed by atoms with E-state index >= 15 is 0 Å². The number of epoxide rings is 1. The van der Waals surface area contributed by atoms with Crippen LogP contribution in [-0.2, 0) is 14.3 Å². The number of carbonyl (C=O) groups is 1. The minimum absolute atomic E-state index is 0.0809. The van der Waals surface area contributed by atoms with Crippen molar-refractivity contribution in [3.05, 3.63) is 0 Å². The van der Waals surface area contributed by atoms with E-state index in [4.69, 9.17) is 9.47 Å². The van der Waals surface area contributed by atoms with E-state index in [1.54, 1.807) is 4.90 Å². The van der Waals surface area contributed by atoms with E-state index in [1.165, 1.54) is 71.0 Å². The predicted molar refractivity (Wildman–Crippen MR) is 122 cm³/mol. The van der Waals surface area contributed by atoms with Crippen LogP contribution < -0.4 is 10.2 Å². The Hall–Kier alpha value is -0.650. The number of ether oxygens (including phenoxy) is 2. The first-order chi connectivity index (χ1) is 15.0. The number of nitrogens with two attached hydrogens (primary N) is 1. The largest absolute Gasteiger partial charge is 0.462 e. The molecule has 2 heterocycles. The summed E-state index contributed by atoms with van der Waals surface area (Å²) in [6, 6.07) is 0. The van der Waals surface area contributed by atoms with Gasteiger partial charge in [-0.05, 0) is 56.3 Å². The van der Waals surface area contributed by atoms with Gasteiger partial charge >= 0.3 is 5.97 Å². The van der Waals surface area contributed by atoms with Crippen molar-refractivity contribution in [3.8, 4) is 0 Å². The van der Waals surface area contributed by atoms with Crippen LogP contribution in [0, 0.1) is 23.2 Å². The standard InChI is InChI=1S/C26H46N2O3/c1-4-6-13-28(14-7-5-2)15-9-12-27-18-21-20-16-23-25(3,17-22(20)31-24(21)29)10-8-11-26(23)19-30-26/h20-23,27H,4-19H2,1-3H3/p+2/t20-,21-,22-,23-,25-,26-/m1/s1. The van der Waals surface area contributed by atoms with Crippen molar-refractivity contribution in [1.82, 2.24) is 0 Å². The van der Waals surface area contributed by atoms with Gasteiger partial charge in [-0.25, -0.2) is 0 Å². The number of esters is 1. The highest BCUT2D eigenvalue weighted by Gasteiger charge is 2.65. The normalized spacial score (nSPS) is 38.9. The Kier molecular flexibility index (Phi) is 7.65. The number of hydrogen-bond donors (Lipinski definition) is 2. The molecule has 2 aliphatic carbocycles. The van der Waals surface area contributed by atoms with Gasteiger partial charge in [0.25, 0.3) is 0 Å². The summed E-state index contributed by atoms with van der Waals surface area (Å²) in [7, 11) is 0. The monoisotopic (exact) mass is 436 g/mol. The molecule has 0 aromatic heterocycles. The average molecular weight is 437 g/mol. The number of unbranched alkanes of at least 4 members (excludes halogenated alkanes) is 2. The van der Waals surface area contributed by atoms with Gasteiger partial charge in [-0.1, -0.05) is 33.6 Å². The molecule has 6 atom stereocenters. The second kappa shape index (κ2) is 10.1. The maximum absolute atomic E-state index is 12.8. The highest BCUT2D eigenvalue weighted by Crippen LogP contribution is 2.62. The average Bonchev–Trinajstić information content (AvgIpc) is 3.45. The molecule has 0 aromatic rings. The van der Waals surface area contributed by atoms with Crippen LogP contribution >= 0.6 is 0 Å². The second-order valence-corrected chi connectivity index (χ2v) is 11.5. The third-order valence-corrected chi connectivity index (χ3v) is 9.21. The molecular weight excluding hydrogens is 388 g/mol. The lowest BCUT2D eigenvalue weighted by atomic mass is 9.53. The molecule has 2 saturated carbocycles. The van der Waals surface area contributed by atoms with Crippen molar-refractivity contribution < 1.29 is 24.5 Å². The molecule has 0 radical (unpaired) electrons. The summed E-state index contributed by atoms with van der Waals surface area (Å²) >= 11 is 0. The van der Waals surface area contributed by atoms with Gasteiger partial charge in [0.1, 0.15) is 12.0 Å². The number of fused-ring (bicyclic) bond motifs is 3. The van der Waals surface area contributed by atoms with Gasteiger partial charge in [0.05, 0.1) is 44.9 Å². The van der Waals surface area contributed by atoms with Gasteiger partial charge in [-0.2, -0.15) is 0 Å². The Bertz CT molecular complexity index is 599. The van der Waals surface area contributed by atoms with Gasteiger partial charge in [-0.3, -0.25) is 4.79 Å². The van der Waals surface area contributed by atoms with Crippen molar-refractivity contribution in [3.63, 3.8) is 0 Å². The number of quaternary nitrogens is 2. The Morgan fingerprint density at radius 1 is 1.10 bits per heavy atom. The molecule has 2 aliphatic heterocycles. The number of carbonyl (C=O) groups excluding carboxylic acids is 1. The molecule has 4 aliphatic rings. The lowest BCUT2D eigenvalue weighted by Gasteiger charge is -2.51. The lowest BCUT2D eigenvalue weighted by Crippen LogP contribution is -3.12. The molecule has 5 heteroatoms. The van der Waals surface area contributed by atoms with Crippen LogP contribution in [0.1, 0.15) is 85.0 Å². The molecule has 0 aromatic carbocycles. The maximum Gasteiger partial charge on any atom is 0.315 e. The molecule has 4 rings (SSSR count). The lowest BCUT2D eigenvalue weighted by molar-refractivity contribution is -0.902. The van der Waals surface area contributed by atoms with Crippen LogP contribution in [0.2, 0.25) is 0 Å². The van der Waals surface area contributed by atoms with Gasteiger partial charge in [0, 0.05) is 12.3 Å². The fourth-order valence-electron chi connectivity index (χ4n) is 7.25. The van der Waals surface area contributed by atoms with E-state index in [0.29, 0.717) is 17.3 Å². The van der Waals surface area contributed by atoms with Crippen LogP contribution in [0.5, 0.6) is 0 Å². The van der Waals surface area contributed by atoms with Gasteiger partial charge in [0.2, 0.25) is 0 Å². The Morgan fingerprint density at radius 2 is 1.81 bits per heavy atom. The number of rotatable bonds is 12. The van der Waals surface area contributed by atoms with Crippen LogP contribution in [0.4, 0.5) is 0 Å². The zero-order valence-corrected chi connectivity index (χ0v) is 20.4. The van der Waals surface area contributed by atoms with E-state index in [-0.39, 0.29) is 23.6 Å². The van der Waals surface area contributed by atoms with Crippen LogP contribution in [0.3, 0.4) is 0 Å². The summed E-state index contributed by atoms with van der Waals surface area (Å²) in [4.78, 5) is 14.5. The van der Waals surface area contributed by atoms with Crippen molar-refractivity contribution >= 4 is 5.97 Å². The first kappa shape index (κ1) is 23.5. The Morgan fingerprint density at radius 3 is 2.48 bits per heavy atom. The van der Waals surface area contributed by atoms with E-state index in [2.05, 4.69) is 26.1 Å². The third kappa shape index (κ3) is 5.14. The summed E-state index contributed by atoms with van der Waals surface area (Å²) < 4.78 is 12.0. The third-order valence-electron chi connectivity index (χ3n) is 9.21. The summed E-state index contributed by atoms with van der Waals surface area (Å²) in [6.45, 7) is 13.9. The molecule has 5 nitrogen and oxygen atoms in total. The topological polar surface area (TPSA) is 59.9 Å².